The van der Waals surface area contributed by atoms with Crippen LogP contribution in [0.1, 0.15) is 29.3 Å². The third kappa shape index (κ3) is 3.01. The first-order valence-electron chi connectivity index (χ1n) is 6.33. The number of carboxylic acid groups (broad SMARTS) is 1. The van der Waals surface area contributed by atoms with Crippen LogP contribution in [0.4, 0.5) is 5.82 Å². The number of rotatable bonds is 5. The predicted octanol–water partition coefficient (Wildman–Crippen LogP) is 2.53. The van der Waals surface area contributed by atoms with Crippen molar-refractivity contribution >= 4 is 23.5 Å². The van der Waals surface area contributed by atoms with E-state index < -0.39 is 5.97 Å². The van der Waals surface area contributed by atoms with E-state index in [9.17, 15) is 9.90 Å². The van der Waals surface area contributed by atoms with Gasteiger partial charge in [-0.2, -0.15) is 10.4 Å². The van der Waals surface area contributed by atoms with Crippen molar-refractivity contribution in [1.82, 2.24) is 9.78 Å². The van der Waals surface area contributed by atoms with Gasteiger partial charge in [0.1, 0.15) is 16.4 Å². The van der Waals surface area contributed by atoms with Crippen LogP contribution in [-0.2, 0) is 0 Å². The lowest BCUT2D eigenvalue weighted by atomic mass is 10.2. The Balaban J connectivity index is 2.54. The number of benzene rings is 1. The average molecular weight is 302 g/mol. The molecule has 0 aliphatic heterocycles. The van der Waals surface area contributed by atoms with Gasteiger partial charge in [0.25, 0.3) is 0 Å². The van der Waals surface area contributed by atoms with Crippen LogP contribution in [-0.4, -0.2) is 26.6 Å². The molecule has 1 heterocycles. The fourth-order valence-electron chi connectivity index (χ4n) is 1.81. The summed E-state index contributed by atoms with van der Waals surface area (Å²) >= 11 is 1.36. The molecular weight excluding hydrogens is 288 g/mol. The van der Waals surface area contributed by atoms with Crippen LogP contribution < -0.4 is 5.73 Å². The molecule has 0 atom stereocenters. The van der Waals surface area contributed by atoms with Crippen LogP contribution >= 0.6 is 11.8 Å². The molecule has 0 fully saturated rings. The van der Waals surface area contributed by atoms with E-state index in [0.717, 1.165) is 12.2 Å². The van der Waals surface area contributed by atoms with Gasteiger partial charge in [-0.15, -0.1) is 11.8 Å². The summed E-state index contributed by atoms with van der Waals surface area (Å²) in [6.07, 6.45) is 0.903. The molecule has 0 bridgehead atoms. The van der Waals surface area contributed by atoms with Crippen LogP contribution in [0.25, 0.3) is 5.69 Å². The highest BCUT2D eigenvalue weighted by molar-refractivity contribution is 7.99. The average Bonchev–Trinajstić information content (AvgIpc) is 2.82. The number of hydrogen-bond acceptors (Lipinski definition) is 5. The Morgan fingerprint density at radius 2 is 2.33 bits per heavy atom. The zero-order valence-electron chi connectivity index (χ0n) is 11.4. The lowest BCUT2D eigenvalue weighted by molar-refractivity contribution is 0.0694. The first-order chi connectivity index (χ1) is 10.1. The van der Waals surface area contributed by atoms with Gasteiger partial charge in [0.05, 0.1) is 17.3 Å². The summed E-state index contributed by atoms with van der Waals surface area (Å²) in [6, 6.07) is 8.74. The molecule has 1 aromatic heterocycles. The topological polar surface area (TPSA) is 105 Å². The van der Waals surface area contributed by atoms with Gasteiger partial charge in [0.2, 0.25) is 0 Å². The summed E-state index contributed by atoms with van der Waals surface area (Å²) < 4.78 is 1.36. The first-order valence-corrected chi connectivity index (χ1v) is 7.32. The van der Waals surface area contributed by atoms with E-state index in [0.29, 0.717) is 16.3 Å². The molecule has 0 spiro atoms. The van der Waals surface area contributed by atoms with Gasteiger partial charge in [-0.05, 0) is 30.4 Å². The van der Waals surface area contributed by atoms with Gasteiger partial charge < -0.3 is 10.8 Å². The van der Waals surface area contributed by atoms with Crippen molar-refractivity contribution in [3.8, 4) is 11.8 Å². The lowest BCUT2D eigenvalue weighted by Gasteiger charge is -2.04. The Morgan fingerprint density at radius 1 is 1.57 bits per heavy atom. The van der Waals surface area contributed by atoms with Crippen LogP contribution in [0.5, 0.6) is 0 Å². The van der Waals surface area contributed by atoms with Crippen LogP contribution in [0.2, 0.25) is 0 Å². The minimum atomic E-state index is -1.10. The van der Waals surface area contributed by atoms with E-state index in [2.05, 4.69) is 5.10 Å². The number of carbonyl (C=O) groups is 1. The number of aromatic nitrogens is 2. The normalized spacial score (nSPS) is 10.3. The van der Waals surface area contributed by atoms with E-state index in [1.165, 1.54) is 16.4 Å². The molecular formula is C14H14N4O2S. The molecule has 7 heteroatoms. The number of aromatic carboxylic acids is 1. The van der Waals surface area contributed by atoms with Crippen molar-refractivity contribution in [1.29, 1.82) is 5.26 Å². The minimum Gasteiger partial charge on any atom is -0.477 e. The summed E-state index contributed by atoms with van der Waals surface area (Å²) in [7, 11) is 0. The van der Waals surface area contributed by atoms with Crippen molar-refractivity contribution in [3.05, 3.63) is 35.4 Å². The molecule has 0 saturated carbocycles. The van der Waals surface area contributed by atoms with E-state index in [1.807, 2.05) is 13.0 Å². The molecule has 2 aromatic rings. The summed E-state index contributed by atoms with van der Waals surface area (Å²) in [5.74, 6) is -0.278. The summed E-state index contributed by atoms with van der Waals surface area (Å²) in [5, 5.41) is 22.9. The van der Waals surface area contributed by atoms with Crippen molar-refractivity contribution in [2.45, 2.75) is 18.4 Å². The second-order valence-corrected chi connectivity index (χ2v) is 5.38. The third-order valence-electron chi connectivity index (χ3n) is 2.77. The maximum Gasteiger partial charge on any atom is 0.342 e. The molecule has 6 nitrogen and oxygen atoms in total. The summed E-state index contributed by atoms with van der Waals surface area (Å²) in [4.78, 5) is 11.4. The van der Waals surface area contributed by atoms with Gasteiger partial charge in [-0.1, -0.05) is 13.0 Å². The van der Waals surface area contributed by atoms with Crippen LogP contribution in [0.15, 0.2) is 29.3 Å². The molecule has 0 radical (unpaired) electrons. The van der Waals surface area contributed by atoms with E-state index in [-0.39, 0.29) is 11.4 Å². The Kier molecular flexibility index (Phi) is 4.50. The fraction of sp³-hybridized carbons (Fsp3) is 0.214. The number of nitrogens with two attached hydrogens (primary N) is 1. The van der Waals surface area contributed by atoms with Crippen molar-refractivity contribution in [3.63, 3.8) is 0 Å². The Labute approximate surface area is 126 Å². The number of anilines is 1. The number of nitrogen functional groups attached to an aromatic ring is 1. The van der Waals surface area contributed by atoms with Crippen LogP contribution in [0.3, 0.4) is 0 Å². The molecule has 0 amide bonds. The van der Waals surface area contributed by atoms with Gasteiger partial charge in [0, 0.05) is 0 Å². The Morgan fingerprint density at radius 3 is 2.95 bits per heavy atom. The fourth-order valence-corrected chi connectivity index (χ4v) is 2.69. The lowest BCUT2D eigenvalue weighted by Crippen LogP contribution is -2.05. The van der Waals surface area contributed by atoms with Gasteiger partial charge in [-0.25, -0.2) is 9.48 Å². The number of nitriles is 1. The highest BCUT2D eigenvalue weighted by Crippen LogP contribution is 2.29. The van der Waals surface area contributed by atoms with E-state index >= 15 is 0 Å². The zero-order chi connectivity index (χ0) is 15.4. The van der Waals surface area contributed by atoms with Gasteiger partial charge in [-0.3, -0.25) is 0 Å². The first kappa shape index (κ1) is 14.9. The van der Waals surface area contributed by atoms with Gasteiger partial charge >= 0.3 is 5.97 Å². The predicted molar refractivity (Wildman–Crippen MR) is 80.7 cm³/mol. The zero-order valence-corrected chi connectivity index (χ0v) is 12.2. The number of thioether (sulfide) groups is 1. The van der Waals surface area contributed by atoms with Crippen molar-refractivity contribution in [2.24, 2.45) is 0 Å². The van der Waals surface area contributed by atoms with E-state index in [4.69, 9.17) is 11.0 Å². The molecule has 0 saturated heterocycles. The maximum atomic E-state index is 11.4. The quantitative estimate of drug-likeness (QED) is 0.822. The largest absolute Gasteiger partial charge is 0.477 e. The second-order valence-electron chi connectivity index (χ2n) is 4.29. The molecule has 0 aliphatic rings. The number of carboxylic acids is 1. The van der Waals surface area contributed by atoms with Crippen molar-refractivity contribution < 1.29 is 9.90 Å². The van der Waals surface area contributed by atoms with Crippen molar-refractivity contribution in [2.75, 3.05) is 11.5 Å². The number of nitrogens with zero attached hydrogens (tertiary/aromatic N) is 3. The molecule has 1 aromatic carbocycles. The molecule has 21 heavy (non-hydrogen) atoms. The molecule has 2 rings (SSSR count). The molecule has 0 aliphatic carbocycles. The maximum absolute atomic E-state index is 11.4. The molecule has 0 unspecified atom stereocenters. The standard InChI is InChI=1S/C14H14N4O2S/c1-2-6-21-13-11(14(19)20)12(16)18(17-13)10-5-3-4-9(7-10)8-15/h3-5,7H,2,6,16H2,1H3,(H,19,20). The second kappa shape index (κ2) is 6.33. The summed E-state index contributed by atoms with van der Waals surface area (Å²) in [5.41, 5.74) is 6.96. The third-order valence-corrected chi connectivity index (χ3v) is 3.94. The highest BCUT2D eigenvalue weighted by atomic mass is 32.2. The van der Waals surface area contributed by atoms with Crippen LogP contribution in [0, 0.1) is 11.3 Å². The van der Waals surface area contributed by atoms with E-state index in [1.54, 1.807) is 24.3 Å². The number of hydrogen-bond donors (Lipinski definition) is 2. The highest BCUT2D eigenvalue weighted by Gasteiger charge is 2.22. The monoisotopic (exact) mass is 302 g/mol. The SMILES string of the molecule is CCCSc1nn(-c2cccc(C#N)c2)c(N)c1C(=O)O. The smallest absolute Gasteiger partial charge is 0.342 e. The van der Waals surface area contributed by atoms with Gasteiger partial charge in [0.15, 0.2) is 0 Å². The Bertz CT molecular complexity index is 718. The molecule has 3 N–H and O–H groups in total. The summed E-state index contributed by atoms with van der Waals surface area (Å²) in [6.45, 7) is 2.00. The Hall–Kier alpha value is -2.46. The molecule has 108 valence electrons. The minimum absolute atomic E-state index is 0.0100.